The highest BCUT2D eigenvalue weighted by Gasteiger charge is 2.30. The third-order valence-electron chi connectivity index (χ3n) is 4.02. The van der Waals surface area contributed by atoms with Gasteiger partial charge in [0.2, 0.25) is 5.91 Å². The Morgan fingerprint density at radius 3 is 2.81 bits per heavy atom. The third kappa shape index (κ3) is 6.03. The van der Waals surface area contributed by atoms with Crippen LogP contribution in [0.15, 0.2) is 52.7 Å². The first-order valence-corrected chi connectivity index (χ1v) is 10.0. The molecule has 160 valence electrons. The monoisotopic (exact) mass is 461 g/mol. The molecule has 3 rings (SSSR count). The van der Waals surface area contributed by atoms with Crippen LogP contribution in [-0.4, -0.2) is 33.4 Å². The number of ether oxygens (including phenoxy) is 1. The molecule has 1 amide bonds. The van der Waals surface area contributed by atoms with Gasteiger partial charge in [0.25, 0.3) is 5.69 Å². The van der Waals surface area contributed by atoms with Gasteiger partial charge < -0.3 is 20.0 Å². The lowest BCUT2D eigenvalue weighted by Crippen LogP contribution is -2.31. The van der Waals surface area contributed by atoms with Crippen LogP contribution in [0.4, 0.5) is 5.69 Å². The van der Waals surface area contributed by atoms with Gasteiger partial charge in [-0.3, -0.25) is 14.9 Å². The Hall–Kier alpha value is -3.44. The number of nitrogens with one attached hydrogen (secondary N) is 1. The summed E-state index contributed by atoms with van der Waals surface area (Å²) in [5, 5.41) is 31.6. The molecule has 0 saturated carbocycles. The fraction of sp³-hybridized carbons (Fsp3) is 0.158. The van der Waals surface area contributed by atoms with Crippen molar-refractivity contribution in [2.45, 2.75) is 18.3 Å². The van der Waals surface area contributed by atoms with E-state index in [-0.39, 0.29) is 23.0 Å². The van der Waals surface area contributed by atoms with Gasteiger partial charge in [-0.1, -0.05) is 41.6 Å². The number of rotatable bonds is 8. The fourth-order valence-corrected chi connectivity index (χ4v) is 3.63. The number of nitro benzene ring substituents is 1. The second-order valence-corrected chi connectivity index (χ2v) is 7.78. The van der Waals surface area contributed by atoms with Crippen LogP contribution in [0.25, 0.3) is 0 Å². The van der Waals surface area contributed by atoms with Crippen molar-refractivity contribution in [3.8, 4) is 5.75 Å². The molecule has 0 aliphatic carbocycles. The molecule has 1 saturated heterocycles. The number of nitro groups is 1. The Balaban J connectivity index is 1.77. The van der Waals surface area contributed by atoms with Crippen LogP contribution >= 0.6 is 23.4 Å². The van der Waals surface area contributed by atoms with Crippen LogP contribution in [0, 0.1) is 10.1 Å². The molecule has 1 atom stereocenters. The van der Waals surface area contributed by atoms with Crippen molar-refractivity contribution in [2.24, 2.45) is 10.2 Å². The Morgan fingerprint density at radius 1 is 1.32 bits per heavy atom. The number of carboxylic acids is 1. The topological polar surface area (TPSA) is 146 Å². The molecule has 0 radical (unpaired) electrons. The number of thioether (sulfide) groups is 1. The highest BCUT2D eigenvalue weighted by atomic mass is 35.5. The van der Waals surface area contributed by atoms with Crippen LogP contribution in [0.2, 0.25) is 5.02 Å². The SMILES string of the molecule is O=C([O-])C[C@H]1S/C(=N\N=C/c2cc([N+](=O)[O-])ccc2OCc2ccccc2Cl)NC1=O. The van der Waals surface area contributed by atoms with Gasteiger partial charge in [-0.2, -0.15) is 5.10 Å². The molecule has 0 bridgehead atoms. The van der Waals surface area contributed by atoms with Gasteiger partial charge >= 0.3 is 0 Å². The van der Waals surface area contributed by atoms with E-state index in [1.165, 1.54) is 24.4 Å². The number of benzene rings is 2. The summed E-state index contributed by atoms with van der Waals surface area (Å²) in [5.74, 6) is -1.55. The number of carbonyl (C=O) groups is 2. The second kappa shape index (κ2) is 10.0. The van der Waals surface area contributed by atoms with Crippen molar-refractivity contribution >= 4 is 52.3 Å². The Morgan fingerprint density at radius 2 is 2.10 bits per heavy atom. The van der Waals surface area contributed by atoms with Crippen molar-refractivity contribution < 1.29 is 24.4 Å². The standard InChI is InChI=1S/C19H15ClN4O6S/c20-14-4-2-1-3-11(14)10-30-15-6-5-13(24(28)29)7-12(15)9-21-23-19-22-18(27)16(31-19)8-17(25)26/h1-7,9,16H,8,10H2,(H,25,26)(H,22,23,27)/p-1/b21-9-/t16-/m1/s1. The summed E-state index contributed by atoms with van der Waals surface area (Å²) >= 11 is 7.02. The van der Waals surface area contributed by atoms with Gasteiger partial charge in [-0.05, 0) is 12.1 Å². The number of aliphatic carboxylic acids is 1. The minimum absolute atomic E-state index is 0.108. The van der Waals surface area contributed by atoms with E-state index in [4.69, 9.17) is 16.3 Å². The summed E-state index contributed by atoms with van der Waals surface area (Å²) < 4.78 is 5.75. The van der Waals surface area contributed by atoms with Crippen LogP contribution < -0.4 is 15.2 Å². The third-order valence-corrected chi connectivity index (χ3v) is 5.46. The van der Waals surface area contributed by atoms with E-state index in [9.17, 15) is 24.8 Å². The van der Waals surface area contributed by atoms with E-state index in [1.807, 2.05) is 0 Å². The smallest absolute Gasteiger partial charge is 0.270 e. The number of hydrogen-bond acceptors (Lipinski definition) is 9. The molecule has 0 spiro atoms. The number of amides is 1. The van der Waals surface area contributed by atoms with Gasteiger partial charge in [0.1, 0.15) is 12.4 Å². The van der Waals surface area contributed by atoms with Crippen molar-refractivity contribution in [3.05, 3.63) is 68.7 Å². The normalized spacial score (nSPS) is 17.1. The molecule has 1 aliphatic rings. The average Bonchev–Trinajstić information content (AvgIpc) is 3.06. The zero-order chi connectivity index (χ0) is 22.4. The van der Waals surface area contributed by atoms with Gasteiger partial charge in [0.15, 0.2) is 5.17 Å². The predicted octanol–water partition coefficient (Wildman–Crippen LogP) is 1.89. The van der Waals surface area contributed by atoms with Gasteiger partial charge in [-0.25, -0.2) is 0 Å². The predicted molar refractivity (Wildman–Crippen MR) is 113 cm³/mol. The molecular formula is C19H14ClN4O6S-. The Kier molecular flexibility index (Phi) is 7.21. The molecule has 1 N–H and O–H groups in total. The van der Waals surface area contributed by atoms with Crippen molar-refractivity contribution in [3.63, 3.8) is 0 Å². The van der Waals surface area contributed by atoms with Gasteiger partial charge in [-0.15, -0.1) is 5.10 Å². The molecule has 10 nitrogen and oxygen atoms in total. The highest BCUT2D eigenvalue weighted by Crippen LogP contribution is 2.26. The van der Waals surface area contributed by atoms with E-state index in [0.717, 1.165) is 17.3 Å². The summed E-state index contributed by atoms with van der Waals surface area (Å²) in [6, 6.07) is 11.1. The maximum absolute atomic E-state index is 11.7. The maximum Gasteiger partial charge on any atom is 0.270 e. The highest BCUT2D eigenvalue weighted by molar-refractivity contribution is 8.15. The lowest BCUT2D eigenvalue weighted by molar-refractivity contribution is -0.384. The summed E-state index contributed by atoms with van der Waals surface area (Å²) in [6.07, 6.45) is 0.783. The molecule has 2 aromatic rings. The summed E-state index contributed by atoms with van der Waals surface area (Å²) in [7, 11) is 0. The number of carboxylic acid groups (broad SMARTS) is 1. The molecule has 0 unspecified atom stereocenters. The Labute approximate surface area is 185 Å². The zero-order valence-corrected chi connectivity index (χ0v) is 17.3. The van der Waals surface area contributed by atoms with E-state index in [2.05, 4.69) is 15.5 Å². The lowest BCUT2D eigenvalue weighted by Gasteiger charge is -2.10. The van der Waals surface area contributed by atoms with Gasteiger partial charge in [0, 0.05) is 40.7 Å². The first-order valence-electron chi connectivity index (χ1n) is 8.76. The average molecular weight is 462 g/mol. The molecule has 1 fully saturated rings. The number of halogens is 1. The summed E-state index contributed by atoms with van der Waals surface area (Å²) in [5.41, 5.74) is 0.845. The fourth-order valence-electron chi connectivity index (χ4n) is 2.53. The van der Waals surface area contributed by atoms with Crippen LogP contribution in [0.3, 0.4) is 0 Å². The molecule has 12 heteroatoms. The molecule has 31 heavy (non-hydrogen) atoms. The first kappa shape index (κ1) is 22.2. The summed E-state index contributed by atoms with van der Waals surface area (Å²) in [6.45, 7) is 0.129. The second-order valence-electron chi connectivity index (χ2n) is 6.18. The van der Waals surface area contributed by atoms with E-state index in [1.54, 1.807) is 24.3 Å². The number of non-ortho nitro benzene ring substituents is 1. The first-order chi connectivity index (χ1) is 14.8. The van der Waals surface area contributed by atoms with Crippen LogP contribution in [-0.2, 0) is 16.2 Å². The van der Waals surface area contributed by atoms with Crippen molar-refractivity contribution in [2.75, 3.05) is 0 Å². The van der Waals surface area contributed by atoms with Crippen molar-refractivity contribution in [1.82, 2.24) is 5.32 Å². The molecule has 1 heterocycles. The zero-order valence-electron chi connectivity index (χ0n) is 15.7. The van der Waals surface area contributed by atoms with E-state index in [0.29, 0.717) is 10.8 Å². The maximum atomic E-state index is 11.7. The lowest BCUT2D eigenvalue weighted by atomic mass is 10.2. The number of amidine groups is 1. The largest absolute Gasteiger partial charge is 0.550 e. The Bertz CT molecular complexity index is 1090. The van der Waals surface area contributed by atoms with Crippen LogP contribution in [0.5, 0.6) is 5.75 Å². The minimum Gasteiger partial charge on any atom is -0.550 e. The quantitative estimate of drug-likeness (QED) is 0.358. The van der Waals surface area contributed by atoms with E-state index < -0.39 is 28.5 Å². The molecular weight excluding hydrogens is 448 g/mol. The van der Waals surface area contributed by atoms with Gasteiger partial charge in [0.05, 0.1) is 16.4 Å². The number of nitrogens with zero attached hydrogens (tertiary/aromatic N) is 3. The minimum atomic E-state index is -1.35. The molecule has 1 aliphatic heterocycles. The molecule has 2 aromatic carbocycles. The number of carbonyl (C=O) groups excluding carboxylic acids is 2. The van der Waals surface area contributed by atoms with Crippen molar-refractivity contribution in [1.29, 1.82) is 0 Å². The van der Waals surface area contributed by atoms with E-state index >= 15 is 0 Å². The summed E-state index contributed by atoms with van der Waals surface area (Å²) in [4.78, 5) is 32.9. The van der Waals surface area contributed by atoms with Crippen LogP contribution in [0.1, 0.15) is 17.5 Å². The molecule has 0 aromatic heterocycles. The number of hydrogen-bond donors (Lipinski definition) is 1.